The van der Waals surface area contributed by atoms with E-state index >= 15 is 0 Å². The van der Waals surface area contributed by atoms with Crippen LogP contribution < -0.4 is 0 Å². The molecule has 26 heavy (non-hydrogen) atoms. The van der Waals surface area contributed by atoms with Crippen molar-refractivity contribution in [2.45, 2.75) is 127 Å². The minimum Gasteiger partial charge on any atom is -0.303 e. The Kier molecular flexibility index (Phi) is 26.5. The molecule has 0 rings (SSSR count). The van der Waals surface area contributed by atoms with Crippen molar-refractivity contribution in [1.82, 2.24) is 0 Å². The van der Waals surface area contributed by atoms with Crippen molar-refractivity contribution in [2.75, 3.05) is 0 Å². The average molecular weight is 446 g/mol. The van der Waals surface area contributed by atoms with Crippen LogP contribution >= 0.6 is 7.82 Å². The SMILES string of the molecule is CCCCCCCCC[CH2][Zn][CH2]CCCCCCCCC.O=P(O)(O)O. The zero-order valence-electron chi connectivity index (χ0n) is 17.6. The molecule has 0 radical (unpaired) electrons. The van der Waals surface area contributed by atoms with Gasteiger partial charge in [-0.2, -0.15) is 0 Å². The van der Waals surface area contributed by atoms with Crippen LogP contribution in [0.2, 0.25) is 10.0 Å². The standard InChI is InChI=1S/2C10H21.H3O4P.Zn/c2*1-3-5-7-9-10-8-6-4-2;1-5(2,3)4;/h2*1,3-10H2,2H3;(H3,1,2,3,4);. The fourth-order valence-electron chi connectivity index (χ4n) is 3.15. The molecule has 0 unspecified atom stereocenters. The molecule has 0 aliphatic carbocycles. The van der Waals surface area contributed by atoms with Crippen LogP contribution in [0.1, 0.15) is 117 Å². The van der Waals surface area contributed by atoms with Gasteiger partial charge >= 0.3 is 152 Å². The van der Waals surface area contributed by atoms with Gasteiger partial charge in [-0.05, 0) is 0 Å². The largest absolute Gasteiger partial charge is 0.466 e. The predicted molar refractivity (Wildman–Crippen MR) is 109 cm³/mol. The topological polar surface area (TPSA) is 77.8 Å². The molecule has 3 N–H and O–H groups in total. The van der Waals surface area contributed by atoms with E-state index in [1.807, 2.05) is 0 Å². The van der Waals surface area contributed by atoms with E-state index in [4.69, 9.17) is 19.2 Å². The van der Waals surface area contributed by atoms with Crippen LogP contribution in [0.5, 0.6) is 0 Å². The van der Waals surface area contributed by atoms with Crippen molar-refractivity contribution in [3.63, 3.8) is 0 Å². The average Bonchev–Trinajstić information content (AvgIpc) is 2.56. The van der Waals surface area contributed by atoms with E-state index in [1.54, 1.807) is 22.9 Å². The molecule has 0 aliphatic rings. The minimum absolute atomic E-state index is 0.0953. The van der Waals surface area contributed by atoms with Crippen molar-refractivity contribution >= 4 is 7.82 Å². The summed E-state index contributed by atoms with van der Waals surface area (Å²) in [6.07, 6.45) is 23.9. The van der Waals surface area contributed by atoms with Crippen molar-refractivity contribution in [3.8, 4) is 0 Å². The van der Waals surface area contributed by atoms with Gasteiger partial charge in [0.2, 0.25) is 0 Å². The van der Waals surface area contributed by atoms with Gasteiger partial charge in [-0.1, -0.05) is 0 Å². The van der Waals surface area contributed by atoms with E-state index < -0.39 is 7.82 Å². The van der Waals surface area contributed by atoms with Crippen LogP contribution in [0.4, 0.5) is 0 Å². The van der Waals surface area contributed by atoms with Gasteiger partial charge in [0.15, 0.2) is 0 Å². The molecule has 156 valence electrons. The summed E-state index contributed by atoms with van der Waals surface area (Å²) >= 11 is -0.0953. The van der Waals surface area contributed by atoms with Crippen molar-refractivity contribution < 1.29 is 36.4 Å². The Bertz CT molecular complexity index is 271. The van der Waals surface area contributed by atoms with Crippen LogP contribution in [0, 0.1) is 0 Å². The molecule has 0 saturated heterocycles. The molecule has 0 bridgehead atoms. The van der Waals surface area contributed by atoms with E-state index in [2.05, 4.69) is 13.8 Å². The summed E-state index contributed by atoms with van der Waals surface area (Å²) in [6, 6.07) is 0. The van der Waals surface area contributed by atoms with Gasteiger partial charge in [0.05, 0.1) is 0 Å². The zero-order valence-corrected chi connectivity index (χ0v) is 21.5. The van der Waals surface area contributed by atoms with E-state index in [0.717, 1.165) is 0 Å². The maximum atomic E-state index is 8.88. The first-order valence-corrected chi connectivity index (χ1v) is 17.0. The fourth-order valence-corrected chi connectivity index (χ4v) is 6.86. The molecule has 0 aromatic heterocycles. The Morgan fingerprint density at radius 1 is 0.538 bits per heavy atom. The summed E-state index contributed by atoms with van der Waals surface area (Å²) < 4.78 is 8.88. The van der Waals surface area contributed by atoms with Crippen LogP contribution in [-0.2, 0) is 21.7 Å². The van der Waals surface area contributed by atoms with Gasteiger partial charge < -0.3 is 14.7 Å². The molecule has 0 aromatic carbocycles. The predicted octanol–water partition coefficient (Wildman–Crippen LogP) is 7.26. The molecule has 0 amide bonds. The molecule has 0 saturated carbocycles. The molecule has 0 fully saturated rings. The first-order chi connectivity index (χ1) is 12.4. The Hall–Kier alpha value is 0.733. The number of unbranched alkanes of at least 4 members (excludes halogenated alkanes) is 14. The van der Waals surface area contributed by atoms with E-state index in [0.29, 0.717) is 0 Å². The molecule has 6 heteroatoms. The van der Waals surface area contributed by atoms with E-state index in [9.17, 15) is 0 Å². The van der Waals surface area contributed by atoms with Gasteiger partial charge in [-0.25, -0.2) is 4.57 Å². The summed E-state index contributed by atoms with van der Waals surface area (Å²) in [7, 11) is -4.64. The summed E-state index contributed by atoms with van der Waals surface area (Å²) in [5.41, 5.74) is 0. The maximum Gasteiger partial charge on any atom is 0.466 e. The van der Waals surface area contributed by atoms with Gasteiger partial charge in [-0.3, -0.25) is 0 Å². The van der Waals surface area contributed by atoms with Crippen LogP contribution in [0.25, 0.3) is 0 Å². The van der Waals surface area contributed by atoms with E-state index in [-0.39, 0.29) is 17.1 Å². The Morgan fingerprint density at radius 2 is 0.769 bits per heavy atom. The molecular weight excluding hydrogens is 401 g/mol. The summed E-state index contributed by atoms with van der Waals surface area (Å²) in [5.74, 6) is 0. The zero-order chi connectivity index (χ0) is 19.9. The van der Waals surface area contributed by atoms with Crippen molar-refractivity contribution in [2.24, 2.45) is 0 Å². The number of hydrogen-bond acceptors (Lipinski definition) is 1. The van der Waals surface area contributed by atoms with Crippen LogP contribution in [0.15, 0.2) is 0 Å². The summed E-state index contributed by atoms with van der Waals surface area (Å²) in [5, 5.41) is 3.36. The second kappa shape index (κ2) is 23.8. The molecule has 0 aromatic rings. The smallest absolute Gasteiger partial charge is 0.303 e. The summed E-state index contributed by atoms with van der Waals surface area (Å²) in [6.45, 7) is 4.61. The second-order valence-corrected chi connectivity index (χ2v) is 13.0. The third kappa shape index (κ3) is 39.7. The van der Waals surface area contributed by atoms with Crippen LogP contribution in [0.3, 0.4) is 0 Å². The van der Waals surface area contributed by atoms with Gasteiger partial charge in [-0.15, -0.1) is 0 Å². The van der Waals surface area contributed by atoms with E-state index in [1.165, 1.54) is 89.9 Å². The monoisotopic (exact) mass is 444 g/mol. The second-order valence-electron chi connectivity index (χ2n) is 7.52. The van der Waals surface area contributed by atoms with Crippen LogP contribution in [-0.4, -0.2) is 14.7 Å². The Labute approximate surface area is 170 Å². The van der Waals surface area contributed by atoms with Gasteiger partial charge in [0, 0.05) is 0 Å². The third-order valence-corrected chi connectivity index (χ3v) is 8.90. The number of hydrogen-bond donors (Lipinski definition) is 3. The number of phosphoric acid groups is 1. The summed E-state index contributed by atoms with van der Waals surface area (Å²) in [4.78, 5) is 21.6. The normalized spacial score (nSPS) is 11.0. The molecule has 4 nitrogen and oxygen atoms in total. The van der Waals surface area contributed by atoms with Gasteiger partial charge in [0.25, 0.3) is 0 Å². The molecule has 0 heterocycles. The Morgan fingerprint density at radius 3 is 1.04 bits per heavy atom. The molecule has 0 spiro atoms. The molecular formula is C20H45O4PZn. The maximum absolute atomic E-state index is 8.88. The third-order valence-electron chi connectivity index (χ3n) is 4.71. The molecule has 0 atom stereocenters. The Balaban J connectivity index is 0. The number of rotatable bonds is 18. The quantitative estimate of drug-likeness (QED) is 0.118. The van der Waals surface area contributed by atoms with Crippen molar-refractivity contribution in [3.05, 3.63) is 0 Å². The van der Waals surface area contributed by atoms with Crippen molar-refractivity contribution in [1.29, 1.82) is 0 Å². The molecule has 0 aliphatic heterocycles. The first kappa shape index (κ1) is 28.9. The van der Waals surface area contributed by atoms with Gasteiger partial charge in [0.1, 0.15) is 0 Å². The fraction of sp³-hybridized carbons (Fsp3) is 1.00. The minimum atomic E-state index is -4.64. The first-order valence-electron chi connectivity index (χ1n) is 11.2.